The molecule has 0 aliphatic carbocycles. The van der Waals surface area contributed by atoms with Gasteiger partial charge in [-0.15, -0.1) is 0 Å². The van der Waals surface area contributed by atoms with Gasteiger partial charge in [-0.3, -0.25) is 4.79 Å². The maximum atomic E-state index is 12.6. The summed E-state index contributed by atoms with van der Waals surface area (Å²) in [6.07, 6.45) is 1.47. The van der Waals surface area contributed by atoms with Gasteiger partial charge in [0.05, 0.1) is 24.8 Å². The smallest absolute Gasteiger partial charge is 0.251 e. The van der Waals surface area contributed by atoms with Crippen LogP contribution in [0.25, 0.3) is 0 Å². The Kier molecular flexibility index (Phi) is 6.36. The van der Waals surface area contributed by atoms with Crippen LogP contribution in [0.2, 0.25) is 0 Å². The van der Waals surface area contributed by atoms with Gasteiger partial charge in [0.1, 0.15) is 11.5 Å². The maximum Gasteiger partial charge on any atom is 0.251 e. The van der Waals surface area contributed by atoms with Crippen molar-refractivity contribution in [3.05, 3.63) is 83.3 Å². The lowest BCUT2D eigenvalue weighted by atomic mass is 10.1. The number of furan rings is 1. The van der Waals surface area contributed by atoms with Gasteiger partial charge in [0, 0.05) is 12.1 Å². The molecule has 0 unspecified atom stereocenters. The number of nitrogens with one attached hydrogen (secondary N) is 2. The van der Waals surface area contributed by atoms with E-state index in [0.717, 1.165) is 5.56 Å². The first-order valence-electron chi connectivity index (χ1n) is 8.93. The molecule has 1 heterocycles. The molecule has 0 radical (unpaired) electrons. The summed E-state index contributed by atoms with van der Waals surface area (Å²) in [7, 11) is -2.22. The third kappa shape index (κ3) is 5.24. The molecule has 0 saturated heterocycles. The summed E-state index contributed by atoms with van der Waals surface area (Å²) in [5, 5.41) is 2.82. The van der Waals surface area contributed by atoms with E-state index in [9.17, 15) is 13.2 Å². The fraction of sp³-hybridized carbons (Fsp3) is 0.190. The number of methoxy groups -OCH3 is 1. The molecule has 7 nitrogen and oxygen atoms in total. The second-order valence-corrected chi connectivity index (χ2v) is 8.18. The highest BCUT2D eigenvalue weighted by atomic mass is 32.2. The number of hydrogen-bond acceptors (Lipinski definition) is 5. The Hall–Kier alpha value is -3.10. The third-order valence-electron chi connectivity index (χ3n) is 4.37. The van der Waals surface area contributed by atoms with Gasteiger partial charge in [0.15, 0.2) is 0 Å². The molecule has 0 aliphatic heterocycles. The molecule has 0 aliphatic rings. The van der Waals surface area contributed by atoms with Crippen molar-refractivity contribution in [2.45, 2.75) is 24.9 Å². The van der Waals surface area contributed by atoms with E-state index in [1.165, 1.54) is 18.4 Å². The van der Waals surface area contributed by atoms with Crippen molar-refractivity contribution in [2.24, 2.45) is 0 Å². The highest BCUT2D eigenvalue weighted by Gasteiger charge is 2.18. The largest absolute Gasteiger partial charge is 0.497 e. The van der Waals surface area contributed by atoms with Crippen molar-refractivity contribution in [1.29, 1.82) is 0 Å². The Labute approximate surface area is 169 Å². The minimum Gasteiger partial charge on any atom is -0.497 e. The third-order valence-corrected chi connectivity index (χ3v) is 5.77. The number of hydrogen-bond donors (Lipinski definition) is 2. The van der Waals surface area contributed by atoms with Crippen molar-refractivity contribution in [1.82, 2.24) is 10.0 Å². The topological polar surface area (TPSA) is 97.6 Å². The number of sulfonamides is 1. The first-order chi connectivity index (χ1) is 13.9. The fourth-order valence-electron chi connectivity index (χ4n) is 2.74. The SMILES string of the molecule is COc1cccc(CNC(=O)c2cc(S(=O)(=O)NCc3ccco3)ccc2C)c1. The minimum atomic E-state index is -3.79. The Morgan fingerprint density at radius 1 is 1.07 bits per heavy atom. The zero-order valence-corrected chi connectivity index (χ0v) is 17.0. The number of ether oxygens (including phenoxy) is 1. The zero-order chi connectivity index (χ0) is 20.9. The first-order valence-corrected chi connectivity index (χ1v) is 10.4. The second kappa shape index (κ2) is 8.93. The first kappa shape index (κ1) is 20.6. The predicted molar refractivity (Wildman–Crippen MR) is 108 cm³/mol. The van der Waals surface area contributed by atoms with Gasteiger partial charge in [-0.1, -0.05) is 18.2 Å². The van der Waals surface area contributed by atoms with Gasteiger partial charge in [-0.05, 0) is 54.4 Å². The molecule has 3 aromatic rings. The van der Waals surface area contributed by atoms with Crippen molar-refractivity contribution in [3.63, 3.8) is 0 Å². The van der Waals surface area contributed by atoms with E-state index >= 15 is 0 Å². The van der Waals surface area contributed by atoms with Crippen LogP contribution in [0.15, 0.2) is 70.2 Å². The number of amides is 1. The molecule has 2 N–H and O–H groups in total. The van der Waals surface area contributed by atoms with Crippen LogP contribution in [0.3, 0.4) is 0 Å². The monoisotopic (exact) mass is 414 g/mol. The Balaban J connectivity index is 1.72. The van der Waals surface area contributed by atoms with Crippen LogP contribution in [0, 0.1) is 6.92 Å². The molecular weight excluding hydrogens is 392 g/mol. The lowest BCUT2D eigenvalue weighted by Crippen LogP contribution is -2.26. The summed E-state index contributed by atoms with van der Waals surface area (Å²) < 4.78 is 37.9. The number of benzene rings is 2. The zero-order valence-electron chi connectivity index (χ0n) is 16.1. The number of carbonyl (C=O) groups is 1. The Bertz CT molecular complexity index is 1090. The Morgan fingerprint density at radius 2 is 1.90 bits per heavy atom. The van der Waals surface area contributed by atoms with E-state index in [1.54, 1.807) is 32.2 Å². The molecule has 3 rings (SSSR count). The number of carbonyl (C=O) groups excluding carboxylic acids is 1. The molecule has 2 aromatic carbocycles. The minimum absolute atomic E-state index is 0.0150. The van der Waals surface area contributed by atoms with Crippen LogP contribution in [0.4, 0.5) is 0 Å². The van der Waals surface area contributed by atoms with Gasteiger partial charge < -0.3 is 14.5 Å². The van der Waals surface area contributed by atoms with E-state index in [-0.39, 0.29) is 17.3 Å². The number of rotatable bonds is 8. The van der Waals surface area contributed by atoms with E-state index in [2.05, 4.69) is 10.0 Å². The summed E-state index contributed by atoms with van der Waals surface area (Å²) in [6.45, 7) is 2.08. The van der Waals surface area contributed by atoms with E-state index < -0.39 is 10.0 Å². The second-order valence-electron chi connectivity index (χ2n) is 6.41. The normalized spacial score (nSPS) is 11.2. The molecule has 152 valence electrons. The summed E-state index contributed by atoms with van der Waals surface area (Å²) in [4.78, 5) is 12.7. The molecular formula is C21H22N2O5S. The van der Waals surface area contributed by atoms with Crippen LogP contribution in [0.1, 0.15) is 27.2 Å². The maximum absolute atomic E-state index is 12.6. The summed E-state index contributed by atoms with van der Waals surface area (Å²) in [6, 6.07) is 15.2. The summed E-state index contributed by atoms with van der Waals surface area (Å²) >= 11 is 0. The summed E-state index contributed by atoms with van der Waals surface area (Å²) in [5.74, 6) is 0.842. The van der Waals surface area contributed by atoms with Crippen molar-refractivity contribution < 1.29 is 22.4 Å². The molecule has 8 heteroatoms. The lowest BCUT2D eigenvalue weighted by molar-refractivity contribution is 0.0950. The molecule has 0 bridgehead atoms. The highest BCUT2D eigenvalue weighted by Crippen LogP contribution is 2.17. The standard InChI is InChI=1S/C21H22N2O5S/c1-15-8-9-19(29(25,26)23-14-18-7-4-10-28-18)12-20(15)21(24)22-13-16-5-3-6-17(11-16)27-2/h3-12,23H,13-14H2,1-2H3,(H,22,24). The number of aryl methyl sites for hydroxylation is 1. The van der Waals surface area contributed by atoms with Crippen LogP contribution in [-0.4, -0.2) is 21.4 Å². The molecule has 1 amide bonds. The van der Waals surface area contributed by atoms with Crippen LogP contribution in [0.5, 0.6) is 5.75 Å². The van der Waals surface area contributed by atoms with E-state index in [1.807, 2.05) is 24.3 Å². The average Bonchev–Trinajstić information content (AvgIpc) is 3.25. The van der Waals surface area contributed by atoms with Gasteiger partial charge in [0.2, 0.25) is 10.0 Å². The van der Waals surface area contributed by atoms with Crippen molar-refractivity contribution in [3.8, 4) is 5.75 Å². The summed E-state index contributed by atoms with van der Waals surface area (Å²) in [5.41, 5.74) is 1.85. The van der Waals surface area contributed by atoms with Crippen LogP contribution >= 0.6 is 0 Å². The fourth-order valence-corrected chi connectivity index (χ4v) is 3.75. The van der Waals surface area contributed by atoms with Gasteiger partial charge in [0.25, 0.3) is 5.91 Å². The molecule has 0 atom stereocenters. The molecule has 0 fully saturated rings. The van der Waals surface area contributed by atoms with E-state index in [0.29, 0.717) is 29.2 Å². The molecule has 0 saturated carbocycles. The average molecular weight is 414 g/mol. The lowest BCUT2D eigenvalue weighted by Gasteiger charge is -2.11. The van der Waals surface area contributed by atoms with Gasteiger partial charge in [-0.25, -0.2) is 13.1 Å². The van der Waals surface area contributed by atoms with Crippen LogP contribution in [-0.2, 0) is 23.1 Å². The van der Waals surface area contributed by atoms with Crippen molar-refractivity contribution >= 4 is 15.9 Å². The molecule has 0 spiro atoms. The van der Waals surface area contributed by atoms with E-state index in [4.69, 9.17) is 9.15 Å². The van der Waals surface area contributed by atoms with Crippen LogP contribution < -0.4 is 14.8 Å². The molecule has 1 aromatic heterocycles. The highest BCUT2D eigenvalue weighted by molar-refractivity contribution is 7.89. The van der Waals surface area contributed by atoms with Gasteiger partial charge >= 0.3 is 0 Å². The predicted octanol–water partition coefficient (Wildman–Crippen LogP) is 3.01. The Morgan fingerprint density at radius 3 is 2.62 bits per heavy atom. The molecule has 29 heavy (non-hydrogen) atoms. The quantitative estimate of drug-likeness (QED) is 0.591. The van der Waals surface area contributed by atoms with Crippen molar-refractivity contribution in [2.75, 3.05) is 7.11 Å². The van der Waals surface area contributed by atoms with Gasteiger partial charge in [-0.2, -0.15) is 0 Å².